The highest BCUT2D eigenvalue weighted by atomic mass is 16.6. The van der Waals surface area contributed by atoms with Crippen LogP contribution in [0.3, 0.4) is 0 Å². The van der Waals surface area contributed by atoms with Gasteiger partial charge < -0.3 is 9.84 Å². The van der Waals surface area contributed by atoms with Crippen LogP contribution in [0.25, 0.3) is 11.1 Å². The quantitative estimate of drug-likeness (QED) is 0.688. The lowest BCUT2D eigenvalue weighted by Gasteiger charge is -2.08. The van der Waals surface area contributed by atoms with E-state index in [0.717, 1.165) is 11.6 Å². The zero-order valence-electron chi connectivity index (χ0n) is 11.5. The van der Waals surface area contributed by atoms with Gasteiger partial charge in [-0.05, 0) is 41.8 Å². The number of carboxylic acids is 1. The molecule has 0 spiro atoms. The molecule has 0 aliphatic rings. The van der Waals surface area contributed by atoms with E-state index in [1.54, 1.807) is 25.3 Å². The summed E-state index contributed by atoms with van der Waals surface area (Å²) in [6, 6.07) is 9.08. The molecule has 6 nitrogen and oxygen atoms in total. The Morgan fingerprint density at radius 2 is 1.90 bits per heavy atom. The largest absolute Gasteiger partial charge is 0.496 e. The molecule has 0 saturated heterocycles. The smallest absolute Gasteiger partial charge is 0.335 e. The Balaban J connectivity index is 2.59. The minimum absolute atomic E-state index is 0.118. The van der Waals surface area contributed by atoms with E-state index in [1.165, 1.54) is 12.1 Å². The van der Waals surface area contributed by atoms with Crippen LogP contribution in [0.15, 0.2) is 36.4 Å². The van der Waals surface area contributed by atoms with Gasteiger partial charge in [0.1, 0.15) is 5.75 Å². The Labute approximate surface area is 120 Å². The highest BCUT2D eigenvalue weighted by Gasteiger charge is 2.15. The van der Waals surface area contributed by atoms with Crippen molar-refractivity contribution in [3.63, 3.8) is 0 Å². The molecular formula is C15H13NO5. The number of methoxy groups -OCH3 is 1. The lowest BCUT2D eigenvalue weighted by molar-refractivity contribution is -0.384. The molecule has 0 fully saturated rings. The summed E-state index contributed by atoms with van der Waals surface area (Å²) in [6.07, 6.45) is 0. The van der Waals surface area contributed by atoms with Crippen LogP contribution in [0.2, 0.25) is 0 Å². The van der Waals surface area contributed by atoms with Crippen molar-refractivity contribution >= 4 is 11.7 Å². The van der Waals surface area contributed by atoms with Crippen molar-refractivity contribution in [3.8, 4) is 16.9 Å². The zero-order chi connectivity index (χ0) is 15.6. The van der Waals surface area contributed by atoms with E-state index in [9.17, 15) is 14.9 Å². The normalized spacial score (nSPS) is 10.2. The van der Waals surface area contributed by atoms with Crippen molar-refractivity contribution in [1.82, 2.24) is 0 Å². The Hall–Kier alpha value is -2.89. The minimum atomic E-state index is -1.20. The van der Waals surface area contributed by atoms with E-state index in [-0.39, 0.29) is 11.3 Å². The van der Waals surface area contributed by atoms with Gasteiger partial charge in [0.2, 0.25) is 0 Å². The number of carboxylic acid groups (broad SMARTS) is 1. The van der Waals surface area contributed by atoms with Crippen molar-refractivity contribution in [2.45, 2.75) is 6.92 Å². The maximum absolute atomic E-state index is 11.1. The highest BCUT2D eigenvalue weighted by molar-refractivity contribution is 5.90. The molecule has 0 aromatic heterocycles. The van der Waals surface area contributed by atoms with Crippen molar-refractivity contribution in [2.24, 2.45) is 0 Å². The Kier molecular flexibility index (Phi) is 3.89. The molecule has 2 aromatic carbocycles. The number of benzene rings is 2. The number of aryl methyl sites for hydroxylation is 1. The van der Waals surface area contributed by atoms with Crippen LogP contribution in [0.5, 0.6) is 5.75 Å². The van der Waals surface area contributed by atoms with Crippen LogP contribution in [0.1, 0.15) is 15.9 Å². The molecule has 6 heteroatoms. The molecule has 0 bridgehead atoms. The van der Waals surface area contributed by atoms with E-state index in [1.807, 2.05) is 6.92 Å². The number of non-ortho nitro benzene ring substituents is 1. The molecule has 108 valence electrons. The van der Waals surface area contributed by atoms with Crippen LogP contribution >= 0.6 is 0 Å². The second kappa shape index (κ2) is 5.62. The molecule has 0 amide bonds. The van der Waals surface area contributed by atoms with Gasteiger partial charge in [-0.15, -0.1) is 0 Å². The molecule has 0 atom stereocenters. The second-order valence-corrected chi connectivity index (χ2v) is 4.52. The van der Waals surface area contributed by atoms with Crippen molar-refractivity contribution < 1.29 is 19.6 Å². The summed E-state index contributed by atoms with van der Waals surface area (Å²) in [5.74, 6) is -0.507. The minimum Gasteiger partial charge on any atom is -0.496 e. The molecule has 0 radical (unpaired) electrons. The monoisotopic (exact) mass is 287 g/mol. The van der Waals surface area contributed by atoms with Crippen molar-refractivity contribution in [1.29, 1.82) is 0 Å². The molecule has 0 aliphatic carbocycles. The number of nitro benzene ring substituents is 1. The zero-order valence-corrected chi connectivity index (χ0v) is 11.5. The molecule has 2 rings (SSSR count). The molecule has 0 unspecified atom stereocenters. The maximum atomic E-state index is 11.1. The summed E-state index contributed by atoms with van der Waals surface area (Å²) in [5.41, 5.74) is 1.66. The molecular weight excluding hydrogens is 274 g/mol. The maximum Gasteiger partial charge on any atom is 0.335 e. The van der Waals surface area contributed by atoms with E-state index in [0.29, 0.717) is 16.9 Å². The fraction of sp³-hybridized carbons (Fsp3) is 0.133. The second-order valence-electron chi connectivity index (χ2n) is 4.52. The average Bonchev–Trinajstić information content (AvgIpc) is 2.46. The lowest BCUT2D eigenvalue weighted by Crippen LogP contribution is -1.99. The van der Waals surface area contributed by atoms with E-state index < -0.39 is 10.9 Å². The van der Waals surface area contributed by atoms with E-state index >= 15 is 0 Å². The van der Waals surface area contributed by atoms with Gasteiger partial charge in [0.05, 0.1) is 17.6 Å². The van der Waals surface area contributed by atoms with Crippen LogP contribution in [-0.4, -0.2) is 23.1 Å². The number of carbonyl (C=O) groups is 1. The summed E-state index contributed by atoms with van der Waals surface area (Å²) in [5, 5.41) is 20.0. The fourth-order valence-electron chi connectivity index (χ4n) is 2.06. The predicted molar refractivity (Wildman–Crippen MR) is 76.8 cm³/mol. The van der Waals surface area contributed by atoms with Gasteiger partial charge in [0.15, 0.2) is 0 Å². The Morgan fingerprint density at radius 1 is 1.19 bits per heavy atom. The van der Waals surface area contributed by atoms with Gasteiger partial charge in [-0.3, -0.25) is 10.1 Å². The molecule has 1 N–H and O–H groups in total. The summed E-state index contributed by atoms with van der Waals surface area (Å²) in [4.78, 5) is 21.4. The van der Waals surface area contributed by atoms with E-state index in [2.05, 4.69) is 0 Å². The van der Waals surface area contributed by atoms with Crippen molar-refractivity contribution in [2.75, 3.05) is 7.11 Å². The van der Waals surface area contributed by atoms with Crippen LogP contribution in [-0.2, 0) is 0 Å². The van der Waals surface area contributed by atoms with Crippen LogP contribution in [0.4, 0.5) is 5.69 Å². The lowest BCUT2D eigenvalue weighted by atomic mass is 10.00. The summed E-state index contributed by atoms with van der Waals surface area (Å²) < 4.78 is 5.16. The topological polar surface area (TPSA) is 89.7 Å². The molecule has 0 aliphatic heterocycles. The first-order chi connectivity index (χ1) is 9.92. The first kappa shape index (κ1) is 14.5. The number of nitro groups is 1. The number of hydrogen-bond donors (Lipinski definition) is 1. The van der Waals surface area contributed by atoms with Crippen LogP contribution in [0, 0.1) is 17.0 Å². The fourth-order valence-corrected chi connectivity index (χ4v) is 2.06. The third-order valence-electron chi connectivity index (χ3n) is 3.10. The number of aromatic carboxylic acids is 1. The van der Waals surface area contributed by atoms with Gasteiger partial charge in [-0.25, -0.2) is 4.79 Å². The average molecular weight is 287 g/mol. The summed E-state index contributed by atoms with van der Waals surface area (Å²) in [6.45, 7) is 1.85. The predicted octanol–water partition coefficient (Wildman–Crippen LogP) is 3.28. The SMILES string of the molecule is COc1ccc(-c2cc(C(=O)O)cc([N+](=O)[O-])c2)cc1C. The van der Waals surface area contributed by atoms with Crippen molar-refractivity contribution in [3.05, 3.63) is 57.6 Å². The van der Waals surface area contributed by atoms with E-state index in [4.69, 9.17) is 9.84 Å². The van der Waals surface area contributed by atoms with Gasteiger partial charge in [0.25, 0.3) is 5.69 Å². The Morgan fingerprint density at radius 3 is 2.43 bits per heavy atom. The molecule has 0 heterocycles. The summed E-state index contributed by atoms with van der Waals surface area (Å²) >= 11 is 0. The Bertz CT molecular complexity index is 692. The number of hydrogen-bond acceptors (Lipinski definition) is 4. The van der Waals surface area contributed by atoms with Gasteiger partial charge >= 0.3 is 5.97 Å². The third kappa shape index (κ3) is 3.00. The molecule has 2 aromatic rings. The molecule has 21 heavy (non-hydrogen) atoms. The molecule has 0 saturated carbocycles. The van der Waals surface area contributed by atoms with Gasteiger partial charge in [0, 0.05) is 12.1 Å². The van der Waals surface area contributed by atoms with Crippen LogP contribution < -0.4 is 4.74 Å². The first-order valence-corrected chi connectivity index (χ1v) is 6.10. The first-order valence-electron chi connectivity index (χ1n) is 6.10. The third-order valence-corrected chi connectivity index (χ3v) is 3.10. The number of nitrogens with zero attached hydrogens (tertiary/aromatic N) is 1. The van der Waals surface area contributed by atoms with Gasteiger partial charge in [-0.2, -0.15) is 0 Å². The number of rotatable bonds is 4. The number of ether oxygens (including phenoxy) is 1. The standard InChI is InChI=1S/C15H13NO5/c1-9-5-10(3-4-14(9)21-2)11-6-12(15(17)18)8-13(7-11)16(19)20/h3-8H,1-2H3,(H,17,18). The summed E-state index contributed by atoms with van der Waals surface area (Å²) in [7, 11) is 1.55. The van der Waals surface area contributed by atoms with Gasteiger partial charge in [-0.1, -0.05) is 6.07 Å². The highest BCUT2D eigenvalue weighted by Crippen LogP contribution is 2.29.